The van der Waals surface area contributed by atoms with Crippen LogP contribution in [0.1, 0.15) is 38.9 Å². The Morgan fingerprint density at radius 1 is 1.44 bits per heavy atom. The van der Waals surface area contributed by atoms with Gasteiger partial charge < -0.3 is 15.2 Å². The zero-order valence-electron chi connectivity index (χ0n) is 14.9. The minimum atomic E-state index is -0.234. The van der Waals surface area contributed by atoms with Gasteiger partial charge in [-0.2, -0.15) is 0 Å². The molecule has 1 saturated heterocycles. The Hall–Kier alpha value is -2.37. The standard InChI is InChI=1S/C19H26N4O2/c1-3-6-13(2)23-12-14(11-18(23)24)19(25)20-10-9-17-21-15-7-4-5-8-16(15)22-17/h4-5,7-8,13-14H,3,6,9-12H2,1-2H3,(H,20,25)(H,21,22)/t13-,14-/m0/s1. The van der Waals surface area contributed by atoms with Crippen molar-refractivity contribution in [2.24, 2.45) is 5.92 Å². The van der Waals surface area contributed by atoms with Gasteiger partial charge in [-0.1, -0.05) is 25.5 Å². The SMILES string of the molecule is CCC[C@H](C)N1C[C@@H](C(=O)NCCc2nc3ccccc3[nH]2)CC1=O. The zero-order chi connectivity index (χ0) is 17.8. The number of hydrogen-bond acceptors (Lipinski definition) is 3. The summed E-state index contributed by atoms with van der Waals surface area (Å²) >= 11 is 0. The molecule has 0 bridgehead atoms. The molecular weight excluding hydrogens is 316 g/mol. The number of hydrogen-bond donors (Lipinski definition) is 2. The molecule has 134 valence electrons. The lowest BCUT2D eigenvalue weighted by atomic mass is 10.1. The normalized spacial score (nSPS) is 18.7. The molecule has 1 aliphatic heterocycles. The van der Waals surface area contributed by atoms with E-state index in [9.17, 15) is 9.59 Å². The Morgan fingerprint density at radius 2 is 2.24 bits per heavy atom. The van der Waals surface area contributed by atoms with Crippen LogP contribution in [0.15, 0.2) is 24.3 Å². The van der Waals surface area contributed by atoms with Crippen LogP contribution in [-0.2, 0) is 16.0 Å². The third-order valence-electron chi connectivity index (χ3n) is 4.87. The minimum Gasteiger partial charge on any atom is -0.355 e. The first-order chi connectivity index (χ1) is 12.1. The van der Waals surface area contributed by atoms with Crippen LogP contribution in [-0.4, -0.2) is 45.8 Å². The molecule has 25 heavy (non-hydrogen) atoms. The molecule has 2 atom stereocenters. The average molecular weight is 342 g/mol. The number of nitrogens with one attached hydrogen (secondary N) is 2. The van der Waals surface area contributed by atoms with Gasteiger partial charge in [0, 0.05) is 32.0 Å². The van der Waals surface area contributed by atoms with E-state index in [-0.39, 0.29) is 23.8 Å². The number of rotatable bonds is 7. The molecule has 2 N–H and O–H groups in total. The number of imidazole rings is 1. The smallest absolute Gasteiger partial charge is 0.225 e. The zero-order valence-corrected chi connectivity index (χ0v) is 14.9. The fourth-order valence-electron chi connectivity index (χ4n) is 3.48. The summed E-state index contributed by atoms with van der Waals surface area (Å²) in [7, 11) is 0. The molecule has 6 heteroatoms. The Balaban J connectivity index is 1.48. The highest BCUT2D eigenvalue weighted by atomic mass is 16.2. The predicted molar refractivity (Wildman–Crippen MR) is 97.0 cm³/mol. The number of para-hydroxylation sites is 2. The second-order valence-corrected chi connectivity index (χ2v) is 6.83. The van der Waals surface area contributed by atoms with Crippen LogP contribution in [0.3, 0.4) is 0 Å². The van der Waals surface area contributed by atoms with Crippen LogP contribution >= 0.6 is 0 Å². The number of fused-ring (bicyclic) bond motifs is 1. The molecular formula is C19H26N4O2. The summed E-state index contributed by atoms with van der Waals surface area (Å²) in [4.78, 5) is 34.1. The van der Waals surface area contributed by atoms with E-state index in [0.717, 1.165) is 29.7 Å². The maximum atomic E-state index is 12.4. The van der Waals surface area contributed by atoms with Gasteiger partial charge in [-0.25, -0.2) is 4.98 Å². The van der Waals surface area contributed by atoms with Gasteiger partial charge in [0.05, 0.1) is 17.0 Å². The van der Waals surface area contributed by atoms with Crippen LogP contribution in [0.25, 0.3) is 11.0 Å². The molecule has 0 aliphatic carbocycles. The predicted octanol–water partition coefficient (Wildman–Crippen LogP) is 2.26. The van der Waals surface area contributed by atoms with Gasteiger partial charge in [-0.15, -0.1) is 0 Å². The van der Waals surface area contributed by atoms with Gasteiger partial charge in [-0.3, -0.25) is 9.59 Å². The molecule has 1 aliphatic rings. The molecule has 0 unspecified atom stereocenters. The first kappa shape index (κ1) is 17.5. The van der Waals surface area contributed by atoms with E-state index in [0.29, 0.717) is 25.9 Å². The molecule has 1 fully saturated rings. The van der Waals surface area contributed by atoms with E-state index in [1.807, 2.05) is 29.2 Å². The van der Waals surface area contributed by atoms with Crippen LogP contribution in [0.5, 0.6) is 0 Å². The molecule has 2 amide bonds. The summed E-state index contributed by atoms with van der Waals surface area (Å²) in [5.41, 5.74) is 1.94. The van der Waals surface area contributed by atoms with E-state index in [1.165, 1.54) is 0 Å². The van der Waals surface area contributed by atoms with Crippen LogP contribution in [0, 0.1) is 5.92 Å². The quantitative estimate of drug-likeness (QED) is 0.810. The Bertz CT molecular complexity index is 722. The van der Waals surface area contributed by atoms with Crippen molar-refractivity contribution in [3.05, 3.63) is 30.1 Å². The number of carbonyl (C=O) groups is 2. The molecule has 3 rings (SSSR count). The number of nitrogens with zero attached hydrogens (tertiary/aromatic N) is 2. The highest BCUT2D eigenvalue weighted by Crippen LogP contribution is 2.22. The van der Waals surface area contributed by atoms with Crippen molar-refractivity contribution in [1.29, 1.82) is 0 Å². The molecule has 6 nitrogen and oxygen atoms in total. The number of aromatic nitrogens is 2. The lowest BCUT2D eigenvalue weighted by Crippen LogP contribution is -2.37. The Kier molecular flexibility index (Phi) is 5.36. The summed E-state index contributed by atoms with van der Waals surface area (Å²) in [6.07, 6.45) is 2.99. The highest BCUT2D eigenvalue weighted by Gasteiger charge is 2.36. The third-order valence-corrected chi connectivity index (χ3v) is 4.87. The van der Waals surface area contributed by atoms with Gasteiger partial charge in [0.2, 0.25) is 11.8 Å². The van der Waals surface area contributed by atoms with Gasteiger partial charge in [-0.05, 0) is 25.5 Å². The summed E-state index contributed by atoms with van der Waals surface area (Å²) in [5.74, 6) is 0.693. The van der Waals surface area contributed by atoms with Crippen molar-refractivity contribution in [2.75, 3.05) is 13.1 Å². The molecule has 0 saturated carbocycles. The summed E-state index contributed by atoms with van der Waals surface area (Å²) in [5, 5.41) is 2.95. The van der Waals surface area contributed by atoms with E-state index in [1.54, 1.807) is 0 Å². The van der Waals surface area contributed by atoms with Crippen molar-refractivity contribution in [2.45, 2.75) is 45.6 Å². The van der Waals surface area contributed by atoms with E-state index < -0.39 is 0 Å². The first-order valence-corrected chi connectivity index (χ1v) is 9.09. The summed E-state index contributed by atoms with van der Waals surface area (Å²) in [6.45, 7) is 5.23. The molecule has 2 aromatic rings. The number of H-pyrrole nitrogens is 1. The number of benzene rings is 1. The molecule has 0 spiro atoms. The van der Waals surface area contributed by atoms with Crippen molar-refractivity contribution in [3.8, 4) is 0 Å². The van der Waals surface area contributed by atoms with Gasteiger partial charge in [0.15, 0.2) is 0 Å². The summed E-state index contributed by atoms with van der Waals surface area (Å²) in [6, 6.07) is 8.09. The van der Waals surface area contributed by atoms with E-state index >= 15 is 0 Å². The maximum absolute atomic E-state index is 12.4. The lowest BCUT2D eigenvalue weighted by Gasteiger charge is -2.24. The second kappa shape index (κ2) is 7.68. The van der Waals surface area contributed by atoms with Crippen LogP contribution < -0.4 is 5.32 Å². The van der Waals surface area contributed by atoms with Crippen molar-refractivity contribution >= 4 is 22.8 Å². The maximum Gasteiger partial charge on any atom is 0.225 e. The largest absolute Gasteiger partial charge is 0.355 e. The number of likely N-dealkylation sites (tertiary alicyclic amines) is 1. The fourth-order valence-corrected chi connectivity index (χ4v) is 3.48. The molecule has 1 aromatic heterocycles. The van der Waals surface area contributed by atoms with Crippen molar-refractivity contribution in [3.63, 3.8) is 0 Å². The summed E-state index contributed by atoms with van der Waals surface area (Å²) < 4.78 is 0. The monoisotopic (exact) mass is 342 g/mol. The van der Waals surface area contributed by atoms with Gasteiger partial charge in [0.25, 0.3) is 0 Å². The Morgan fingerprint density at radius 3 is 3.00 bits per heavy atom. The second-order valence-electron chi connectivity index (χ2n) is 6.83. The average Bonchev–Trinajstić information content (AvgIpc) is 3.18. The molecule has 2 heterocycles. The fraction of sp³-hybridized carbons (Fsp3) is 0.526. The van der Waals surface area contributed by atoms with Gasteiger partial charge >= 0.3 is 0 Å². The lowest BCUT2D eigenvalue weighted by molar-refractivity contribution is -0.130. The number of amides is 2. The Labute approximate surface area is 148 Å². The number of carbonyl (C=O) groups excluding carboxylic acids is 2. The van der Waals surface area contributed by atoms with E-state index in [4.69, 9.17) is 0 Å². The minimum absolute atomic E-state index is 0.0318. The van der Waals surface area contributed by atoms with E-state index in [2.05, 4.69) is 29.1 Å². The van der Waals surface area contributed by atoms with Crippen LogP contribution in [0.2, 0.25) is 0 Å². The molecule has 1 aromatic carbocycles. The first-order valence-electron chi connectivity index (χ1n) is 9.09. The highest BCUT2D eigenvalue weighted by molar-refractivity contribution is 5.89. The van der Waals surface area contributed by atoms with Crippen molar-refractivity contribution in [1.82, 2.24) is 20.2 Å². The third kappa shape index (κ3) is 4.00. The van der Waals surface area contributed by atoms with Crippen molar-refractivity contribution < 1.29 is 9.59 Å². The van der Waals surface area contributed by atoms with Crippen LogP contribution in [0.4, 0.5) is 0 Å². The topological polar surface area (TPSA) is 78.1 Å². The number of aromatic amines is 1. The van der Waals surface area contributed by atoms with Gasteiger partial charge in [0.1, 0.15) is 5.82 Å². The molecule has 0 radical (unpaired) electrons.